The Hall–Kier alpha value is -2.52. The largest absolute Gasteiger partial charge is 0.493 e. The molecule has 0 aliphatic heterocycles. The maximum absolute atomic E-state index is 9.83. The second-order valence-corrected chi connectivity index (χ2v) is 8.81. The molecule has 0 heterocycles. The Kier molecular flexibility index (Phi) is 14.1. The van der Waals surface area contributed by atoms with E-state index >= 15 is 0 Å². The van der Waals surface area contributed by atoms with Crippen molar-refractivity contribution in [2.24, 2.45) is 0 Å². The summed E-state index contributed by atoms with van der Waals surface area (Å²) in [5, 5.41) is 26.6. The van der Waals surface area contributed by atoms with Crippen molar-refractivity contribution in [3.8, 4) is 23.0 Å². The van der Waals surface area contributed by atoms with Crippen LogP contribution in [-0.4, -0.2) is 78.0 Å². The summed E-state index contributed by atoms with van der Waals surface area (Å²) >= 11 is 0. The van der Waals surface area contributed by atoms with Crippen LogP contribution in [0.5, 0.6) is 23.0 Å². The lowest BCUT2D eigenvalue weighted by Crippen LogP contribution is -2.25. The highest BCUT2D eigenvalue weighted by Gasteiger charge is 2.14. The molecule has 4 N–H and O–H groups in total. The van der Waals surface area contributed by atoms with Crippen LogP contribution < -0.4 is 29.6 Å². The average Bonchev–Trinajstić information content (AvgIpc) is 2.93. The van der Waals surface area contributed by atoms with Crippen LogP contribution >= 0.6 is 0 Å². The molecule has 2 aromatic rings. The van der Waals surface area contributed by atoms with Crippen LogP contribution in [0.3, 0.4) is 0 Å². The summed E-state index contributed by atoms with van der Waals surface area (Å²) in [5.74, 6) is 2.76. The molecule has 0 bridgehead atoms. The molecule has 0 saturated carbocycles. The minimum Gasteiger partial charge on any atom is -0.493 e. The number of nitrogens with one attached hydrogen (secondary N) is 2. The fourth-order valence-corrected chi connectivity index (χ4v) is 4.20. The summed E-state index contributed by atoms with van der Waals surface area (Å²) in [4.78, 5) is 0. The first-order valence-corrected chi connectivity index (χ1v) is 12.7. The third kappa shape index (κ3) is 9.17. The quantitative estimate of drug-likeness (QED) is 0.216. The number of benzene rings is 2. The summed E-state index contributed by atoms with van der Waals surface area (Å²) in [6.45, 7) is 3.42. The van der Waals surface area contributed by atoms with Gasteiger partial charge in [-0.15, -0.1) is 0 Å². The van der Waals surface area contributed by atoms with Crippen LogP contribution in [0.1, 0.15) is 48.6 Å². The van der Waals surface area contributed by atoms with Crippen LogP contribution in [0.25, 0.3) is 0 Å². The van der Waals surface area contributed by atoms with Gasteiger partial charge in [0, 0.05) is 24.9 Å². The minimum absolute atomic E-state index is 0.0131. The van der Waals surface area contributed by atoms with Gasteiger partial charge in [0.25, 0.3) is 0 Å². The van der Waals surface area contributed by atoms with E-state index in [1.54, 1.807) is 28.4 Å². The molecule has 0 amide bonds. The molecule has 2 unspecified atom stereocenters. The number of hydrogen-bond donors (Lipinski definition) is 4. The van der Waals surface area contributed by atoms with Crippen LogP contribution in [0.2, 0.25) is 0 Å². The fourth-order valence-electron chi connectivity index (χ4n) is 4.20. The number of aliphatic hydroxyl groups is 2. The van der Waals surface area contributed by atoms with Gasteiger partial charge in [-0.3, -0.25) is 0 Å². The summed E-state index contributed by atoms with van der Waals surface area (Å²) < 4.78 is 21.3. The molecule has 0 spiro atoms. The Labute approximate surface area is 215 Å². The van der Waals surface area contributed by atoms with Crippen LogP contribution in [-0.2, 0) is 0 Å². The van der Waals surface area contributed by atoms with Crippen LogP contribution in [0.4, 0.5) is 0 Å². The van der Waals surface area contributed by atoms with Crippen molar-refractivity contribution >= 4 is 0 Å². The monoisotopic (exact) mass is 504 g/mol. The van der Waals surface area contributed by atoms with Crippen molar-refractivity contribution in [1.29, 1.82) is 0 Å². The van der Waals surface area contributed by atoms with E-state index in [9.17, 15) is 10.2 Å². The van der Waals surface area contributed by atoms with Crippen LogP contribution in [0.15, 0.2) is 36.4 Å². The van der Waals surface area contributed by atoms with E-state index in [0.29, 0.717) is 36.1 Å². The predicted octanol–water partition coefficient (Wildman–Crippen LogP) is 3.31. The van der Waals surface area contributed by atoms with E-state index < -0.39 is 0 Å². The molecule has 8 nitrogen and oxygen atoms in total. The van der Waals surface area contributed by atoms with Gasteiger partial charge in [0.2, 0.25) is 0 Å². The van der Waals surface area contributed by atoms with E-state index in [-0.39, 0.29) is 25.0 Å². The number of methoxy groups -OCH3 is 4. The maximum Gasteiger partial charge on any atom is 0.160 e. The molecule has 0 radical (unpaired) electrons. The van der Waals surface area contributed by atoms with E-state index in [0.717, 1.165) is 49.9 Å². The Balaban J connectivity index is 1.60. The van der Waals surface area contributed by atoms with E-state index in [1.807, 2.05) is 36.4 Å². The Morgan fingerprint density at radius 3 is 1.31 bits per heavy atom. The summed E-state index contributed by atoms with van der Waals surface area (Å²) in [7, 11) is 6.47. The van der Waals surface area contributed by atoms with Crippen molar-refractivity contribution in [1.82, 2.24) is 10.6 Å². The van der Waals surface area contributed by atoms with Gasteiger partial charge in [-0.05, 0) is 61.3 Å². The van der Waals surface area contributed by atoms with E-state index in [4.69, 9.17) is 18.9 Å². The standard InChI is InChI=1S/C28H44N2O6/c1-33-25-11-9-21(15-27(25)35-3)23(19-31)17-29-13-7-5-6-8-14-30-18-24(20-32)22-10-12-26(34-2)28(16-22)36-4/h9-12,15-16,23-24,29-32H,5-8,13-14,17-20H2,1-4H3. The highest BCUT2D eigenvalue weighted by Crippen LogP contribution is 2.31. The zero-order chi connectivity index (χ0) is 26.2. The molecular weight excluding hydrogens is 460 g/mol. The third-order valence-electron chi connectivity index (χ3n) is 6.44. The lowest BCUT2D eigenvalue weighted by molar-refractivity contribution is 0.260. The van der Waals surface area contributed by atoms with Gasteiger partial charge < -0.3 is 39.8 Å². The van der Waals surface area contributed by atoms with Crippen LogP contribution in [0, 0.1) is 0 Å². The van der Waals surface area contributed by atoms with Gasteiger partial charge in [0.1, 0.15) is 0 Å². The fraction of sp³-hybridized carbons (Fsp3) is 0.571. The number of aliphatic hydroxyl groups excluding tert-OH is 2. The third-order valence-corrected chi connectivity index (χ3v) is 6.44. The first-order valence-electron chi connectivity index (χ1n) is 12.7. The maximum atomic E-state index is 9.83. The number of ether oxygens (including phenoxy) is 4. The molecule has 36 heavy (non-hydrogen) atoms. The van der Waals surface area contributed by atoms with Gasteiger partial charge >= 0.3 is 0 Å². The Bertz CT molecular complexity index is 808. The molecule has 0 saturated heterocycles. The molecular formula is C28H44N2O6. The minimum atomic E-state index is 0.0131. The number of unbranched alkanes of at least 4 members (excludes halogenated alkanes) is 3. The Morgan fingerprint density at radius 1 is 0.583 bits per heavy atom. The van der Waals surface area contributed by atoms with Gasteiger partial charge in [-0.1, -0.05) is 25.0 Å². The van der Waals surface area contributed by atoms with E-state index in [1.165, 1.54) is 0 Å². The zero-order valence-corrected chi connectivity index (χ0v) is 22.2. The SMILES string of the molecule is COc1ccc(C(CO)CNCCCCCCNCC(CO)c2ccc(OC)c(OC)c2)cc1OC. The second-order valence-electron chi connectivity index (χ2n) is 8.81. The molecule has 0 aliphatic rings. The molecule has 0 aromatic heterocycles. The van der Waals surface area contributed by atoms with Crippen molar-refractivity contribution in [3.63, 3.8) is 0 Å². The van der Waals surface area contributed by atoms with Crippen molar-refractivity contribution in [3.05, 3.63) is 47.5 Å². The summed E-state index contributed by atoms with van der Waals surface area (Å²) in [6, 6.07) is 11.6. The first-order chi connectivity index (χ1) is 17.6. The summed E-state index contributed by atoms with van der Waals surface area (Å²) in [6.07, 6.45) is 4.48. The highest BCUT2D eigenvalue weighted by molar-refractivity contribution is 5.44. The van der Waals surface area contributed by atoms with Gasteiger partial charge in [-0.2, -0.15) is 0 Å². The topological polar surface area (TPSA) is 101 Å². The molecule has 2 rings (SSSR count). The van der Waals surface area contributed by atoms with Gasteiger partial charge in [-0.25, -0.2) is 0 Å². The molecule has 0 aliphatic carbocycles. The Morgan fingerprint density at radius 2 is 0.972 bits per heavy atom. The lowest BCUT2D eigenvalue weighted by atomic mass is 9.99. The number of rotatable bonds is 19. The molecule has 2 aromatic carbocycles. The first kappa shape index (κ1) is 29.7. The molecule has 2 atom stereocenters. The predicted molar refractivity (Wildman–Crippen MR) is 143 cm³/mol. The lowest BCUT2D eigenvalue weighted by Gasteiger charge is -2.18. The van der Waals surface area contributed by atoms with Gasteiger partial charge in [0.05, 0.1) is 41.7 Å². The van der Waals surface area contributed by atoms with Crippen molar-refractivity contribution in [2.45, 2.75) is 37.5 Å². The van der Waals surface area contributed by atoms with Crippen molar-refractivity contribution < 1.29 is 29.2 Å². The molecule has 0 fully saturated rings. The molecule has 202 valence electrons. The highest BCUT2D eigenvalue weighted by atomic mass is 16.5. The normalized spacial score (nSPS) is 12.7. The van der Waals surface area contributed by atoms with Crippen molar-refractivity contribution in [2.75, 3.05) is 67.8 Å². The smallest absolute Gasteiger partial charge is 0.160 e. The number of hydrogen-bond acceptors (Lipinski definition) is 8. The average molecular weight is 505 g/mol. The molecule has 8 heteroatoms. The zero-order valence-electron chi connectivity index (χ0n) is 22.2. The van der Waals surface area contributed by atoms with Gasteiger partial charge in [0.15, 0.2) is 23.0 Å². The summed E-state index contributed by atoms with van der Waals surface area (Å²) in [5.41, 5.74) is 2.06. The second kappa shape index (κ2) is 17.0. The van der Waals surface area contributed by atoms with E-state index in [2.05, 4.69) is 10.6 Å².